The molecule has 100 valence electrons. The van der Waals surface area contributed by atoms with Crippen LogP contribution < -0.4 is 5.32 Å². The Morgan fingerprint density at radius 3 is 2.72 bits per heavy atom. The van der Waals surface area contributed by atoms with Crippen molar-refractivity contribution in [3.05, 3.63) is 35.6 Å². The lowest BCUT2D eigenvalue weighted by atomic mass is 10.1. The summed E-state index contributed by atoms with van der Waals surface area (Å²) in [7, 11) is 0. The fourth-order valence-corrected chi connectivity index (χ4v) is 2.55. The Hall–Kier alpha value is -0.930. The van der Waals surface area contributed by atoms with Gasteiger partial charge in [0, 0.05) is 5.56 Å². The highest BCUT2D eigenvalue weighted by Crippen LogP contribution is 2.23. The highest BCUT2D eigenvalue weighted by atomic mass is 19.1. The molecular formula is C15H22FNO. The van der Waals surface area contributed by atoms with Crippen molar-refractivity contribution in [3.63, 3.8) is 0 Å². The Morgan fingerprint density at radius 1 is 1.33 bits per heavy atom. The lowest BCUT2D eigenvalue weighted by Gasteiger charge is -2.21. The predicted molar refractivity (Wildman–Crippen MR) is 71.0 cm³/mol. The van der Waals surface area contributed by atoms with E-state index < -0.39 is 0 Å². The molecule has 1 saturated carbocycles. The summed E-state index contributed by atoms with van der Waals surface area (Å²) in [6.07, 6.45) is 5.19. The molecule has 18 heavy (non-hydrogen) atoms. The van der Waals surface area contributed by atoms with Gasteiger partial charge in [0.1, 0.15) is 5.82 Å². The van der Waals surface area contributed by atoms with E-state index in [4.69, 9.17) is 4.74 Å². The maximum Gasteiger partial charge on any atom is 0.128 e. The normalized spacial score (nSPS) is 18.1. The van der Waals surface area contributed by atoms with Crippen molar-refractivity contribution >= 4 is 0 Å². The zero-order valence-corrected chi connectivity index (χ0v) is 11.0. The minimum atomic E-state index is -0.154. The second-order valence-corrected chi connectivity index (χ2v) is 4.87. The molecule has 1 aliphatic carbocycles. The van der Waals surface area contributed by atoms with Crippen molar-refractivity contribution in [3.8, 4) is 0 Å². The van der Waals surface area contributed by atoms with Gasteiger partial charge in [0.05, 0.1) is 18.8 Å². The van der Waals surface area contributed by atoms with Crippen molar-refractivity contribution in [2.45, 2.75) is 44.8 Å². The van der Waals surface area contributed by atoms with Crippen LogP contribution in [0.15, 0.2) is 24.3 Å². The molecule has 1 atom stereocenters. The topological polar surface area (TPSA) is 21.3 Å². The van der Waals surface area contributed by atoms with Crippen LogP contribution in [0.2, 0.25) is 0 Å². The van der Waals surface area contributed by atoms with Crippen LogP contribution in [0.25, 0.3) is 0 Å². The highest BCUT2D eigenvalue weighted by molar-refractivity contribution is 5.21. The fourth-order valence-electron chi connectivity index (χ4n) is 2.55. The lowest BCUT2D eigenvalue weighted by Crippen LogP contribution is -2.28. The van der Waals surface area contributed by atoms with Gasteiger partial charge in [-0.25, -0.2) is 4.39 Å². The molecule has 0 saturated heterocycles. The fraction of sp³-hybridized carbons (Fsp3) is 0.600. The van der Waals surface area contributed by atoms with Crippen LogP contribution in [0.3, 0.4) is 0 Å². The quantitative estimate of drug-likeness (QED) is 0.836. The summed E-state index contributed by atoms with van der Waals surface area (Å²) in [5.41, 5.74) is 0.706. The van der Waals surface area contributed by atoms with Gasteiger partial charge in [-0.15, -0.1) is 0 Å². The molecule has 0 aliphatic heterocycles. The third-order valence-corrected chi connectivity index (χ3v) is 3.53. The number of halogens is 1. The van der Waals surface area contributed by atoms with Crippen LogP contribution in [-0.2, 0) is 4.74 Å². The molecule has 1 unspecified atom stereocenters. The molecule has 0 aromatic heterocycles. The first-order chi connectivity index (χ1) is 8.81. The third-order valence-electron chi connectivity index (χ3n) is 3.53. The van der Waals surface area contributed by atoms with E-state index in [1.54, 1.807) is 6.07 Å². The van der Waals surface area contributed by atoms with Crippen molar-refractivity contribution in [2.75, 3.05) is 13.2 Å². The first-order valence-corrected chi connectivity index (χ1v) is 6.90. The van der Waals surface area contributed by atoms with E-state index in [1.807, 2.05) is 19.1 Å². The van der Waals surface area contributed by atoms with Crippen LogP contribution in [0, 0.1) is 5.82 Å². The van der Waals surface area contributed by atoms with E-state index in [0.29, 0.717) is 18.3 Å². The van der Waals surface area contributed by atoms with Crippen LogP contribution in [-0.4, -0.2) is 19.3 Å². The monoisotopic (exact) mass is 251 g/mol. The van der Waals surface area contributed by atoms with Gasteiger partial charge in [-0.2, -0.15) is 0 Å². The number of nitrogens with one attached hydrogen (secondary N) is 1. The molecule has 1 aromatic rings. The number of ether oxygens (including phenoxy) is 1. The highest BCUT2D eigenvalue weighted by Gasteiger charge is 2.19. The van der Waals surface area contributed by atoms with Crippen molar-refractivity contribution < 1.29 is 9.13 Å². The Kier molecular flexibility index (Phi) is 5.14. The molecule has 1 fully saturated rings. The molecule has 0 amide bonds. The summed E-state index contributed by atoms with van der Waals surface area (Å²) in [6.45, 7) is 3.40. The Labute approximate surface area is 109 Å². The molecule has 0 bridgehead atoms. The summed E-state index contributed by atoms with van der Waals surface area (Å²) in [5, 5.41) is 3.30. The van der Waals surface area contributed by atoms with E-state index >= 15 is 0 Å². The first-order valence-electron chi connectivity index (χ1n) is 6.90. The van der Waals surface area contributed by atoms with Gasteiger partial charge in [0.15, 0.2) is 0 Å². The summed E-state index contributed by atoms with van der Waals surface area (Å²) >= 11 is 0. The second kappa shape index (κ2) is 6.86. The van der Waals surface area contributed by atoms with E-state index in [9.17, 15) is 4.39 Å². The largest absolute Gasteiger partial charge is 0.376 e. The molecule has 2 rings (SSSR count). The van der Waals surface area contributed by atoms with Gasteiger partial charge in [-0.05, 0) is 25.5 Å². The number of hydrogen-bond donors (Lipinski definition) is 1. The van der Waals surface area contributed by atoms with Gasteiger partial charge >= 0.3 is 0 Å². The predicted octanol–water partition coefficient (Wildman–Crippen LogP) is 3.44. The van der Waals surface area contributed by atoms with Gasteiger partial charge < -0.3 is 10.1 Å². The summed E-state index contributed by atoms with van der Waals surface area (Å²) in [4.78, 5) is 0. The second-order valence-electron chi connectivity index (χ2n) is 4.87. The number of likely N-dealkylation sites (N-methyl/N-ethyl adjacent to an activating group) is 1. The molecule has 0 spiro atoms. The van der Waals surface area contributed by atoms with E-state index in [1.165, 1.54) is 18.9 Å². The zero-order valence-electron chi connectivity index (χ0n) is 11.0. The maximum atomic E-state index is 13.8. The lowest BCUT2D eigenvalue weighted by molar-refractivity contribution is 0.0422. The minimum Gasteiger partial charge on any atom is -0.376 e. The van der Waals surface area contributed by atoms with E-state index in [2.05, 4.69) is 5.32 Å². The number of hydrogen-bond acceptors (Lipinski definition) is 2. The van der Waals surface area contributed by atoms with Gasteiger partial charge in [0.25, 0.3) is 0 Å². The van der Waals surface area contributed by atoms with Gasteiger partial charge in [0.2, 0.25) is 0 Å². The smallest absolute Gasteiger partial charge is 0.128 e. The van der Waals surface area contributed by atoms with Crippen molar-refractivity contribution in [1.82, 2.24) is 5.32 Å². The summed E-state index contributed by atoms with van der Waals surface area (Å²) in [5.74, 6) is -0.154. The standard InChI is InChI=1S/C15H22FNO/c1-2-17-15(11-18-12-7-3-4-8-12)13-9-5-6-10-14(13)16/h5-6,9-10,12,15,17H,2-4,7-8,11H2,1H3. The van der Waals surface area contributed by atoms with Crippen LogP contribution in [0.1, 0.15) is 44.2 Å². The summed E-state index contributed by atoms with van der Waals surface area (Å²) in [6, 6.07) is 6.89. The average molecular weight is 251 g/mol. The van der Waals surface area contributed by atoms with Gasteiger partial charge in [-0.1, -0.05) is 38.0 Å². The molecular weight excluding hydrogens is 229 g/mol. The van der Waals surface area contributed by atoms with Gasteiger partial charge in [-0.3, -0.25) is 0 Å². The van der Waals surface area contributed by atoms with Crippen LogP contribution in [0.4, 0.5) is 4.39 Å². The SMILES string of the molecule is CCNC(COC1CCCC1)c1ccccc1F. The van der Waals surface area contributed by atoms with Crippen LogP contribution in [0.5, 0.6) is 0 Å². The minimum absolute atomic E-state index is 0.0446. The molecule has 1 aliphatic rings. The Bertz CT molecular complexity index is 363. The third kappa shape index (κ3) is 3.53. The van der Waals surface area contributed by atoms with Crippen molar-refractivity contribution in [1.29, 1.82) is 0 Å². The maximum absolute atomic E-state index is 13.8. The molecule has 0 heterocycles. The number of rotatable bonds is 6. The van der Waals surface area contributed by atoms with E-state index in [0.717, 1.165) is 19.4 Å². The molecule has 0 radical (unpaired) electrons. The summed E-state index contributed by atoms with van der Waals surface area (Å²) < 4.78 is 19.7. The first kappa shape index (κ1) is 13.5. The zero-order chi connectivity index (χ0) is 12.8. The molecule has 1 N–H and O–H groups in total. The molecule has 2 nitrogen and oxygen atoms in total. The molecule has 1 aromatic carbocycles. The van der Waals surface area contributed by atoms with Crippen LogP contribution >= 0.6 is 0 Å². The Balaban J connectivity index is 1.96. The van der Waals surface area contributed by atoms with E-state index in [-0.39, 0.29) is 11.9 Å². The van der Waals surface area contributed by atoms with Crippen molar-refractivity contribution in [2.24, 2.45) is 0 Å². The Morgan fingerprint density at radius 2 is 2.06 bits per heavy atom. The number of benzene rings is 1. The average Bonchev–Trinajstić information content (AvgIpc) is 2.88. The molecule has 3 heteroatoms.